The Labute approximate surface area is 208 Å². The van der Waals surface area contributed by atoms with Crippen molar-refractivity contribution in [2.24, 2.45) is 5.92 Å². The third kappa shape index (κ3) is 5.14. The van der Waals surface area contributed by atoms with Gasteiger partial charge in [-0.3, -0.25) is 9.62 Å². The van der Waals surface area contributed by atoms with Crippen molar-refractivity contribution in [3.05, 3.63) is 42.5 Å². The predicted octanol–water partition coefficient (Wildman–Crippen LogP) is 4.59. The Morgan fingerprint density at radius 2 is 1.71 bits per heavy atom. The monoisotopic (exact) mass is 495 g/mol. The number of hydrogen-bond acceptors (Lipinski definition) is 5. The van der Waals surface area contributed by atoms with Crippen molar-refractivity contribution in [3.63, 3.8) is 0 Å². The molecule has 0 amide bonds. The Kier molecular flexibility index (Phi) is 6.68. The van der Waals surface area contributed by atoms with Gasteiger partial charge in [-0.2, -0.15) is 0 Å². The van der Waals surface area contributed by atoms with E-state index in [1.54, 1.807) is 0 Å². The zero-order chi connectivity index (χ0) is 24.6. The summed E-state index contributed by atoms with van der Waals surface area (Å²) in [5, 5.41) is 1.06. The van der Waals surface area contributed by atoms with Gasteiger partial charge in [0.05, 0.1) is 22.7 Å². The van der Waals surface area contributed by atoms with Crippen LogP contribution in [0, 0.1) is 5.92 Å². The molecule has 5 rings (SSSR count). The second-order valence-corrected chi connectivity index (χ2v) is 11.8. The molecule has 0 spiro atoms. The van der Waals surface area contributed by atoms with Crippen molar-refractivity contribution in [1.29, 1.82) is 0 Å². The van der Waals surface area contributed by atoms with Crippen LogP contribution in [0.4, 0.5) is 17.1 Å². The summed E-state index contributed by atoms with van der Waals surface area (Å²) in [6, 6.07) is 14.1. The number of aromatic nitrogens is 1. The molecule has 7 nitrogen and oxygen atoms in total. The minimum absolute atomic E-state index is 0.115. The number of sulfonamides is 1. The van der Waals surface area contributed by atoms with E-state index in [-0.39, 0.29) is 5.75 Å². The molecular formula is C27H37N5O2S. The van der Waals surface area contributed by atoms with Crippen LogP contribution in [0.2, 0.25) is 0 Å². The molecule has 3 N–H and O–H groups in total. The second kappa shape index (κ2) is 9.74. The largest absolute Gasteiger partial charge is 0.396 e. The van der Waals surface area contributed by atoms with Crippen LogP contribution in [0.5, 0.6) is 0 Å². The molecule has 2 fully saturated rings. The average Bonchev–Trinajstić information content (AvgIpc) is 3.62. The first kappa shape index (κ1) is 24.0. The Morgan fingerprint density at radius 1 is 1.00 bits per heavy atom. The van der Waals surface area contributed by atoms with E-state index in [1.807, 2.05) is 31.2 Å². The van der Waals surface area contributed by atoms with Crippen molar-refractivity contribution in [2.45, 2.75) is 39.7 Å². The second-order valence-electron chi connectivity index (χ2n) is 9.94. The summed E-state index contributed by atoms with van der Waals surface area (Å²) in [5.74, 6) is 1.06. The van der Waals surface area contributed by atoms with Crippen LogP contribution in [-0.4, -0.2) is 56.4 Å². The van der Waals surface area contributed by atoms with E-state index in [0.717, 1.165) is 66.5 Å². The van der Waals surface area contributed by atoms with Crippen LogP contribution in [-0.2, 0) is 16.6 Å². The highest BCUT2D eigenvalue weighted by Gasteiger charge is 2.27. The van der Waals surface area contributed by atoms with Crippen molar-refractivity contribution >= 4 is 38.0 Å². The van der Waals surface area contributed by atoms with Gasteiger partial charge in [0.15, 0.2) is 0 Å². The molecule has 1 saturated heterocycles. The Bertz CT molecular complexity index is 1290. The average molecular weight is 496 g/mol. The van der Waals surface area contributed by atoms with Crippen molar-refractivity contribution < 1.29 is 8.42 Å². The minimum Gasteiger partial charge on any atom is -0.396 e. The molecule has 0 bridgehead atoms. The first-order valence-corrected chi connectivity index (χ1v) is 14.5. The van der Waals surface area contributed by atoms with E-state index in [4.69, 9.17) is 5.73 Å². The molecule has 2 aromatic carbocycles. The van der Waals surface area contributed by atoms with Gasteiger partial charge >= 0.3 is 0 Å². The number of rotatable bonds is 9. The highest BCUT2D eigenvalue weighted by atomic mass is 32.2. The Balaban J connectivity index is 1.40. The summed E-state index contributed by atoms with van der Waals surface area (Å²) < 4.78 is 29.2. The van der Waals surface area contributed by atoms with Crippen LogP contribution in [0.25, 0.3) is 22.2 Å². The Hall–Kier alpha value is -2.71. The van der Waals surface area contributed by atoms with Gasteiger partial charge in [-0.05, 0) is 62.4 Å². The number of nitrogens with two attached hydrogens (primary N) is 1. The molecule has 1 aliphatic carbocycles. The van der Waals surface area contributed by atoms with Crippen molar-refractivity contribution in [2.75, 3.05) is 53.8 Å². The summed E-state index contributed by atoms with van der Waals surface area (Å²) in [4.78, 5) is 5.10. The third-order valence-corrected chi connectivity index (χ3v) is 8.75. The number of nitrogen functional groups attached to an aromatic ring is 1. The quantitative estimate of drug-likeness (QED) is 0.454. The molecule has 2 aliphatic rings. The van der Waals surface area contributed by atoms with Crippen LogP contribution < -0.4 is 15.4 Å². The van der Waals surface area contributed by atoms with Gasteiger partial charge in [-0.15, -0.1) is 0 Å². The molecule has 1 aromatic heterocycles. The fourth-order valence-corrected chi connectivity index (χ4v) is 6.39. The lowest BCUT2D eigenvalue weighted by Gasteiger charge is -2.36. The van der Waals surface area contributed by atoms with Crippen LogP contribution in [0.1, 0.15) is 33.1 Å². The van der Waals surface area contributed by atoms with Gasteiger partial charge < -0.3 is 15.2 Å². The topological polar surface area (TPSA) is 83.6 Å². The lowest BCUT2D eigenvalue weighted by Crippen LogP contribution is -2.47. The molecule has 35 heavy (non-hydrogen) atoms. The maximum absolute atomic E-state index is 12.1. The molecule has 8 heteroatoms. The highest BCUT2D eigenvalue weighted by molar-refractivity contribution is 7.92. The third-order valence-electron chi connectivity index (χ3n) is 7.26. The summed E-state index contributed by atoms with van der Waals surface area (Å²) in [5.41, 5.74) is 12.4. The minimum atomic E-state index is -3.31. The molecule has 0 atom stereocenters. The molecule has 3 aromatic rings. The summed E-state index contributed by atoms with van der Waals surface area (Å²) in [6.07, 6.45) is 3.40. The van der Waals surface area contributed by atoms with Crippen molar-refractivity contribution in [3.8, 4) is 11.3 Å². The number of piperazine rings is 1. The first-order valence-electron chi connectivity index (χ1n) is 12.9. The highest BCUT2D eigenvalue weighted by Crippen LogP contribution is 2.38. The summed E-state index contributed by atoms with van der Waals surface area (Å²) in [7, 11) is -3.31. The van der Waals surface area contributed by atoms with E-state index in [1.165, 1.54) is 25.1 Å². The number of aryl methyl sites for hydroxylation is 1. The molecule has 2 heterocycles. The smallest absolute Gasteiger partial charge is 0.232 e. The van der Waals surface area contributed by atoms with Crippen LogP contribution in [0.3, 0.4) is 0 Å². The number of nitrogens with zero attached hydrogens (tertiary/aromatic N) is 3. The molecular weight excluding hydrogens is 458 g/mol. The van der Waals surface area contributed by atoms with Gasteiger partial charge in [-0.25, -0.2) is 8.42 Å². The summed E-state index contributed by atoms with van der Waals surface area (Å²) >= 11 is 0. The lowest BCUT2D eigenvalue weighted by atomic mass is 10.1. The van der Waals surface area contributed by atoms with E-state index in [0.29, 0.717) is 12.1 Å². The maximum atomic E-state index is 12.1. The molecule has 0 unspecified atom stereocenters. The number of anilines is 3. The van der Waals surface area contributed by atoms with Crippen LogP contribution in [0.15, 0.2) is 42.5 Å². The molecule has 188 valence electrons. The number of hydrogen-bond donors (Lipinski definition) is 2. The van der Waals surface area contributed by atoms with Gasteiger partial charge in [0.1, 0.15) is 0 Å². The fraction of sp³-hybridized carbons (Fsp3) is 0.481. The first-order chi connectivity index (χ1) is 16.9. The van der Waals surface area contributed by atoms with Crippen LogP contribution >= 0.6 is 0 Å². The van der Waals surface area contributed by atoms with Crippen molar-refractivity contribution in [1.82, 2.24) is 9.47 Å². The summed E-state index contributed by atoms with van der Waals surface area (Å²) in [6.45, 7) is 10.4. The number of nitrogens with one attached hydrogen (secondary N) is 1. The van der Waals surface area contributed by atoms with Gasteiger partial charge in [0, 0.05) is 61.6 Å². The maximum Gasteiger partial charge on any atom is 0.232 e. The standard InChI is InChI=1S/C27H37N5O2S/c1-3-17-35(33,34)29-22-9-7-21(8-10-22)27-26(28)24-12-11-23(18-25(24)32(27)4-2)31-15-13-30(14-16-31)19-20-5-6-20/h7-12,18,20,29H,3-6,13-17,19,28H2,1-2H3. The Morgan fingerprint density at radius 3 is 2.34 bits per heavy atom. The molecule has 0 radical (unpaired) electrons. The molecule has 1 saturated carbocycles. The fourth-order valence-electron chi connectivity index (χ4n) is 5.25. The zero-order valence-electron chi connectivity index (χ0n) is 20.8. The van der Waals surface area contributed by atoms with Gasteiger partial charge in [-0.1, -0.05) is 19.1 Å². The van der Waals surface area contributed by atoms with E-state index in [9.17, 15) is 8.42 Å². The molecule has 1 aliphatic heterocycles. The van der Waals surface area contributed by atoms with E-state index >= 15 is 0 Å². The predicted molar refractivity (Wildman–Crippen MR) is 147 cm³/mol. The van der Waals surface area contributed by atoms with E-state index < -0.39 is 10.0 Å². The van der Waals surface area contributed by atoms with Gasteiger partial charge in [0.25, 0.3) is 0 Å². The normalized spacial score (nSPS) is 17.3. The SMILES string of the molecule is CCCS(=O)(=O)Nc1ccc(-c2c(N)c3ccc(N4CCN(CC5CC5)CC4)cc3n2CC)cc1. The number of fused-ring (bicyclic) bond motifs is 1. The zero-order valence-corrected chi connectivity index (χ0v) is 21.7. The van der Waals surface area contributed by atoms with E-state index in [2.05, 4.69) is 44.2 Å². The lowest BCUT2D eigenvalue weighted by molar-refractivity contribution is 0.248. The number of benzene rings is 2. The van der Waals surface area contributed by atoms with Gasteiger partial charge in [0.2, 0.25) is 10.0 Å².